The van der Waals surface area contributed by atoms with Crippen molar-refractivity contribution in [1.29, 1.82) is 0 Å². The highest BCUT2D eigenvalue weighted by molar-refractivity contribution is 8.77. The van der Waals surface area contributed by atoms with Crippen LogP contribution in [0.4, 0.5) is 0 Å². The van der Waals surface area contributed by atoms with Gasteiger partial charge in [-0.25, -0.2) is 0 Å². The van der Waals surface area contributed by atoms with Crippen molar-refractivity contribution in [3.8, 4) is 11.5 Å². The van der Waals surface area contributed by atoms with Gasteiger partial charge in [-0.15, -0.1) is 0 Å². The summed E-state index contributed by atoms with van der Waals surface area (Å²) in [5, 5.41) is 25.6. The molecule has 8 N–H and O–H groups in total. The van der Waals surface area contributed by atoms with Crippen LogP contribution < -0.4 is 22.1 Å². The Morgan fingerprint density at radius 3 is 1.13 bits per heavy atom. The third kappa shape index (κ3) is 15.6. The Hall–Kier alpha value is -4.94. The topological polar surface area (TPSA) is 185 Å². The van der Waals surface area contributed by atoms with Crippen LogP contribution in [-0.2, 0) is 44.9 Å². The maximum absolute atomic E-state index is 14.2. The van der Waals surface area contributed by atoms with E-state index in [1.165, 1.54) is 0 Å². The summed E-state index contributed by atoms with van der Waals surface area (Å²) in [7, 11) is 3.54. The van der Waals surface area contributed by atoms with Crippen molar-refractivity contribution >= 4 is 45.2 Å². The van der Waals surface area contributed by atoms with Crippen LogP contribution in [0.2, 0.25) is 0 Å². The molecule has 60 heavy (non-hydrogen) atoms. The smallest absolute Gasteiger partial charge is 0.240 e. The van der Waals surface area contributed by atoms with E-state index in [0.29, 0.717) is 25.7 Å². The number of hydrogen-bond acceptors (Lipinski definition) is 8. The predicted octanol–water partition coefficient (Wildman–Crippen LogP) is 7.53. The number of primary amides is 2. The standard InChI is InChI=1S/C48H62N4O6S2/c1-5-31(3)43(29-37(25-33-13-9-7-10-14-33)47(57)51-41(45(49)55)27-35-17-21-39(53)22-18-35)59-60-44(32(4)6-2)30-38(26-34-15-11-8-12-16-34)48(58)52-42(46(50)56)28-36-19-23-40(54)24-20-36/h7-24,31-32,37-38,41-44,53-54H,5-6,25-30H2,1-4H3,(H2,49,55)(H2,50,56)(H,51,57)(H,52,58)/t31?,32?,37?,38?,41-,42-,43?,44?/m0/s1. The van der Waals surface area contributed by atoms with Crippen LogP contribution in [0.25, 0.3) is 0 Å². The maximum atomic E-state index is 14.2. The van der Waals surface area contributed by atoms with Gasteiger partial charge in [0.05, 0.1) is 0 Å². The number of phenols is 2. The number of nitrogens with two attached hydrogens (primary N) is 2. The van der Waals surface area contributed by atoms with Gasteiger partial charge >= 0.3 is 0 Å². The van der Waals surface area contributed by atoms with Crippen molar-refractivity contribution in [3.63, 3.8) is 0 Å². The Morgan fingerprint density at radius 1 is 0.517 bits per heavy atom. The summed E-state index contributed by atoms with van der Waals surface area (Å²) in [5.41, 5.74) is 15.2. The predicted molar refractivity (Wildman–Crippen MR) is 244 cm³/mol. The van der Waals surface area contributed by atoms with Crippen LogP contribution in [0, 0.1) is 23.7 Å². The van der Waals surface area contributed by atoms with E-state index < -0.39 is 35.7 Å². The third-order valence-electron chi connectivity index (χ3n) is 11.4. The van der Waals surface area contributed by atoms with Gasteiger partial charge in [-0.3, -0.25) is 19.2 Å². The molecule has 0 aliphatic heterocycles. The lowest BCUT2D eigenvalue weighted by atomic mass is 9.89. The number of carbonyl (C=O) groups excluding carboxylic acids is 4. The minimum Gasteiger partial charge on any atom is -0.508 e. The van der Waals surface area contributed by atoms with E-state index >= 15 is 0 Å². The van der Waals surface area contributed by atoms with Gasteiger partial charge in [-0.1, -0.05) is 147 Å². The van der Waals surface area contributed by atoms with Crippen LogP contribution in [0.15, 0.2) is 109 Å². The Balaban J connectivity index is 1.56. The average molecular weight is 855 g/mol. The van der Waals surface area contributed by atoms with Crippen LogP contribution in [0.1, 0.15) is 75.6 Å². The fraction of sp³-hybridized carbons (Fsp3) is 0.417. The zero-order chi connectivity index (χ0) is 43.6. The highest BCUT2D eigenvalue weighted by atomic mass is 33.1. The van der Waals surface area contributed by atoms with Crippen LogP contribution in [0.3, 0.4) is 0 Å². The highest BCUT2D eigenvalue weighted by Gasteiger charge is 2.33. The lowest BCUT2D eigenvalue weighted by Crippen LogP contribution is -2.48. The Morgan fingerprint density at radius 2 is 0.833 bits per heavy atom. The number of carbonyl (C=O) groups is 4. The van der Waals surface area contributed by atoms with Crippen molar-refractivity contribution < 1.29 is 29.4 Å². The number of phenolic OH excluding ortho intramolecular Hbond substituents is 2. The molecule has 4 amide bonds. The van der Waals surface area contributed by atoms with Gasteiger partial charge in [0.1, 0.15) is 23.6 Å². The molecule has 0 aliphatic carbocycles. The first-order valence-corrected chi connectivity index (χ1v) is 23.2. The summed E-state index contributed by atoms with van der Waals surface area (Å²) in [6, 6.07) is 30.9. The monoisotopic (exact) mass is 854 g/mol. The number of aromatic hydroxyl groups is 2. The number of hydrogen-bond donors (Lipinski definition) is 6. The zero-order valence-electron chi connectivity index (χ0n) is 35.2. The van der Waals surface area contributed by atoms with Gasteiger partial charge in [-0.05, 0) is 84.0 Å². The summed E-state index contributed by atoms with van der Waals surface area (Å²) in [6.07, 6.45) is 4.25. The zero-order valence-corrected chi connectivity index (χ0v) is 36.8. The molecular formula is C48H62N4O6S2. The second kappa shape index (κ2) is 24.3. The molecule has 0 saturated heterocycles. The van der Waals surface area contributed by atoms with Gasteiger partial charge in [-0.2, -0.15) is 0 Å². The fourth-order valence-electron chi connectivity index (χ4n) is 7.09. The van der Waals surface area contributed by atoms with Crippen molar-refractivity contribution in [2.24, 2.45) is 35.1 Å². The molecular weight excluding hydrogens is 793 g/mol. The fourth-order valence-corrected chi connectivity index (χ4v) is 11.2. The first-order valence-electron chi connectivity index (χ1n) is 20.9. The summed E-state index contributed by atoms with van der Waals surface area (Å²) >= 11 is 0. The first-order chi connectivity index (χ1) is 28.8. The second-order valence-electron chi connectivity index (χ2n) is 16.0. The van der Waals surface area contributed by atoms with Crippen molar-refractivity contribution in [1.82, 2.24) is 10.6 Å². The van der Waals surface area contributed by atoms with Gasteiger partial charge in [0.25, 0.3) is 0 Å². The molecule has 0 fully saturated rings. The van der Waals surface area contributed by atoms with Crippen molar-refractivity contribution in [3.05, 3.63) is 131 Å². The average Bonchev–Trinajstić information content (AvgIpc) is 3.24. The number of benzene rings is 4. The molecule has 6 unspecified atom stereocenters. The number of nitrogens with one attached hydrogen (secondary N) is 2. The molecule has 4 rings (SSSR count). The SMILES string of the molecule is CCC(C)C(CC(Cc1ccccc1)C(=O)N[C@@H](Cc1ccc(O)cc1)C(N)=O)SSC(CC(Cc1ccccc1)C(=O)N[C@@H](Cc1ccc(O)cc1)C(N)=O)C(C)CC. The van der Waals surface area contributed by atoms with E-state index in [0.717, 1.165) is 35.1 Å². The van der Waals surface area contributed by atoms with E-state index in [4.69, 9.17) is 11.5 Å². The van der Waals surface area contributed by atoms with Crippen molar-refractivity contribution in [2.45, 2.75) is 102 Å². The van der Waals surface area contributed by atoms with Crippen LogP contribution >= 0.6 is 21.6 Å². The molecule has 4 aromatic carbocycles. The van der Waals surface area contributed by atoms with E-state index in [9.17, 15) is 29.4 Å². The van der Waals surface area contributed by atoms with Gasteiger partial charge < -0.3 is 32.3 Å². The molecule has 0 radical (unpaired) electrons. The van der Waals surface area contributed by atoms with Crippen molar-refractivity contribution in [2.75, 3.05) is 0 Å². The molecule has 10 nitrogen and oxygen atoms in total. The van der Waals surface area contributed by atoms with E-state index in [2.05, 4.69) is 38.3 Å². The third-order valence-corrected chi connectivity index (χ3v) is 15.1. The molecule has 0 aliphatic rings. The molecule has 0 heterocycles. The Labute approximate surface area is 363 Å². The summed E-state index contributed by atoms with van der Waals surface area (Å²) in [6.45, 7) is 8.70. The Bertz CT molecular complexity index is 1790. The summed E-state index contributed by atoms with van der Waals surface area (Å²) < 4.78 is 0. The molecule has 0 saturated carbocycles. The van der Waals surface area contributed by atoms with E-state index in [1.54, 1.807) is 70.1 Å². The number of amides is 4. The molecule has 8 atom stereocenters. The number of rotatable bonds is 25. The molecule has 0 bridgehead atoms. The second-order valence-corrected chi connectivity index (χ2v) is 18.7. The van der Waals surface area contributed by atoms with Gasteiger partial charge in [0.2, 0.25) is 23.6 Å². The largest absolute Gasteiger partial charge is 0.508 e. The lowest BCUT2D eigenvalue weighted by molar-refractivity contribution is -0.130. The minimum atomic E-state index is -0.929. The molecule has 12 heteroatoms. The summed E-state index contributed by atoms with van der Waals surface area (Å²) in [4.78, 5) is 53.8. The normalized spacial score (nSPS) is 15.3. The molecule has 4 aromatic rings. The molecule has 0 aromatic heterocycles. The van der Waals surface area contributed by atoms with Gasteiger partial charge in [0, 0.05) is 35.2 Å². The summed E-state index contributed by atoms with van der Waals surface area (Å²) in [5.74, 6) is -1.96. The Kier molecular flexibility index (Phi) is 19.4. The quantitative estimate of drug-likeness (QED) is 0.0370. The maximum Gasteiger partial charge on any atom is 0.240 e. The highest BCUT2D eigenvalue weighted by Crippen LogP contribution is 2.44. The van der Waals surface area contributed by atoms with E-state index in [1.807, 2.05) is 60.7 Å². The van der Waals surface area contributed by atoms with Gasteiger partial charge in [0.15, 0.2) is 0 Å². The first kappa shape index (κ1) is 47.7. The molecule has 0 spiro atoms. The lowest BCUT2D eigenvalue weighted by Gasteiger charge is -2.31. The molecule has 322 valence electrons. The van der Waals surface area contributed by atoms with Crippen LogP contribution in [-0.4, -0.2) is 56.4 Å². The van der Waals surface area contributed by atoms with E-state index in [-0.39, 0.29) is 58.5 Å². The van der Waals surface area contributed by atoms with Crippen LogP contribution in [0.5, 0.6) is 11.5 Å². The minimum absolute atomic E-state index is 0.0566.